The van der Waals surface area contributed by atoms with Gasteiger partial charge in [0.25, 0.3) is 0 Å². The van der Waals surface area contributed by atoms with Crippen molar-refractivity contribution in [1.82, 2.24) is 24.9 Å². The normalized spacial score (nSPS) is 10.6. The number of carbonyl (C=O) groups is 1. The van der Waals surface area contributed by atoms with Crippen molar-refractivity contribution in [3.63, 3.8) is 0 Å². The maximum absolute atomic E-state index is 11.7. The van der Waals surface area contributed by atoms with E-state index in [2.05, 4.69) is 31.4 Å². The fraction of sp³-hybridized carbons (Fsp3) is 0.300. The van der Waals surface area contributed by atoms with Gasteiger partial charge in [0.2, 0.25) is 5.91 Å². The third kappa shape index (κ3) is 3.11. The molecule has 0 aliphatic heterocycles. The Morgan fingerprint density at radius 3 is 2.83 bits per heavy atom. The van der Waals surface area contributed by atoms with Crippen LogP contribution < -0.4 is 5.32 Å². The van der Waals surface area contributed by atoms with Gasteiger partial charge in [0.1, 0.15) is 6.54 Å². The highest BCUT2D eigenvalue weighted by Crippen LogP contribution is 2.13. The molecule has 2 aromatic heterocycles. The van der Waals surface area contributed by atoms with Crippen LogP contribution in [0.5, 0.6) is 0 Å². The highest BCUT2D eigenvalue weighted by molar-refractivity contribution is 9.10. The molecule has 0 saturated carbocycles. The number of amides is 1. The molecule has 2 heterocycles. The van der Waals surface area contributed by atoms with Crippen LogP contribution in [0.3, 0.4) is 0 Å². The summed E-state index contributed by atoms with van der Waals surface area (Å²) in [7, 11) is 1.78. The summed E-state index contributed by atoms with van der Waals surface area (Å²) in [4.78, 5) is 11.7. The third-order valence-electron chi connectivity index (χ3n) is 2.37. The van der Waals surface area contributed by atoms with Crippen LogP contribution in [0.2, 0.25) is 5.02 Å². The number of rotatable bonds is 4. The van der Waals surface area contributed by atoms with Gasteiger partial charge in [0.15, 0.2) is 0 Å². The fourth-order valence-electron chi connectivity index (χ4n) is 1.45. The zero-order valence-corrected chi connectivity index (χ0v) is 11.9. The number of hydrogen-bond donors (Lipinski definition) is 1. The zero-order chi connectivity index (χ0) is 13.1. The summed E-state index contributed by atoms with van der Waals surface area (Å²) >= 11 is 9.20. The third-order valence-corrected chi connectivity index (χ3v) is 3.10. The standard InChI is InChI=1S/C10H11BrClN5O/c1-16-9(8(12)3-14-16)4-13-10(18)6-17-5-7(11)2-15-17/h2-3,5H,4,6H2,1H3,(H,13,18). The highest BCUT2D eigenvalue weighted by atomic mass is 79.9. The zero-order valence-electron chi connectivity index (χ0n) is 9.60. The molecule has 2 rings (SSSR count). The first kappa shape index (κ1) is 13.1. The predicted molar refractivity (Wildman–Crippen MR) is 70.0 cm³/mol. The number of aromatic nitrogens is 4. The monoisotopic (exact) mass is 331 g/mol. The van der Waals surface area contributed by atoms with E-state index in [-0.39, 0.29) is 12.5 Å². The smallest absolute Gasteiger partial charge is 0.242 e. The van der Waals surface area contributed by atoms with Gasteiger partial charge in [-0.1, -0.05) is 11.6 Å². The lowest BCUT2D eigenvalue weighted by Gasteiger charge is -2.06. The van der Waals surface area contributed by atoms with Crippen molar-refractivity contribution in [1.29, 1.82) is 0 Å². The minimum Gasteiger partial charge on any atom is -0.349 e. The number of aryl methyl sites for hydroxylation is 1. The molecule has 2 aromatic rings. The summed E-state index contributed by atoms with van der Waals surface area (Å²) in [5, 5.41) is 11.3. The Hall–Kier alpha value is -1.34. The van der Waals surface area contributed by atoms with Crippen molar-refractivity contribution in [3.8, 4) is 0 Å². The van der Waals surface area contributed by atoms with E-state index in [1.54, 1.807) is 35.0 Å². The van der Waals surface area contributed by atoms with Gasteiger partial charge in [-0.05, 0) is 15.9 Å². The first-order chi connectivity index (χ1) is 8.56. The van der Waals surface area contributed by atoms with E-state index in [0.29, 0.717) is 11.6 Å². The Labute approximate surface area is 117 Å². The summed E-state index contributed by atoms with van der Waals surface area (Å²) in [6.45, 7) is 0.512. The van der Waals surface area contributed by atoms with Crippen LogP contribution in [0.15, 0.2) is 23.1 Å². The van der Waals surface area contributed by atoms with E-state index >= 15 is 0 Å². The van der Waals surface area contributed by atoms with Crippen LogP contribution >= 0.6 is 27.5 Å². The summed E-state index contributed by atoms with van der Waals surface area (Å²) in [6.07, 6.45) is 4.91. The molecule has 0 spiro atoms. The second kappa shape index (κ2) is 5.53. The Balaban J connectivity index is 1.89. The molecule has 6 nitrogen and oxygen atoms in total. The van der Waals surface area contributed by atoms with E-state index in [1.807, 2.05) is 0 Å². The molecule has 18 heavy (non-hydrogen) atoms. The van der Waals surface area contributed by atoms with Gasteiger partial charge in [0.05, 0.1) is 34.1 Å². The van der Waals surface area contributed by atoms with Crippen LogP contribution in [0.1, 0.15) is 5.69 Å². The number of hydrogen-bond acceptors (Lipinski definition) is 3. The van der Waals surface area contributed by atoms with Crippen molar-refractivity contribution in [2.75, 3.05) is 0 Å². The summed E-state index contributed by atoms with van der Waals surface area (Å²) in [5.74, 6) is -0.136. The lowest BCUT2D eigenvalue weighted by molar-refractivity contribution is -0.122. The number of halogens is 2. The van der Waals surface area contributed by atoms with E-state index in [0.717, 1.165) is 10.2 Å². The Bertz CT molecular complexity index is 545. The fourth-order valence-corrected chi connectivity index (χ4v) is 2.01. The largest absolute Gasteiger partial charge is 0.349 e. The maximum atomic E-state index is 11.7. The van der Waals surface area contributed by atoms with E-state index in [4.69, 9.17) is 11.6 Å². The second-order valence-corrected chi connectivity index (χ2v) is 5.02. The Kier molecular flexibility index (Phi) is 4.03. The molecular formula is C10H11BrClN5O. The molecule has 0 unspecified atom stereocenters. The van der Waals surface area contributed by atoms with Crippen molar-refractivity contribution >= 4 is 33.4 Å². The number of carbonyl (C=O) groups excluding carboxylic acids is 1. The van der Waals surface area contributed by atoms with Gasteiger partial charge >= 0.3 is 0 Å². The van der Waals surface area contributed by atoms with Gasteiger partial charge in [-0.2, -0.15) is 10.2 Å². The minimum absolute atomic E-state index is 0.136. The van der Waals surface area contributed by atoms with Crippen LogP contribution in [-0.4, -0.2) is 25.5 Å². The quantitative estimate of drug-likeness (QED) is 0.919. The van der Waals surface area contributed by atoms with Crippen LogP contribution in [0.25, 0.3) is 0 Å². The average Bonchev–Trinajstić information content (AvgIpc) is 2.84. The number of nitrogens with one attached hydrogen (secondary N) is 1. The second-order valence-electron chi connectivity index (χ2n) is 3.70. The van der Waals surface area contributed by atoms with Gasteiger partial charge in [-0.3, -0.25) is 14.2 Å². The van der Waals surface area contributed by atoms with Crippen molar-refractivity contribution in [3.05, 3.63) is 33.8 Å². The van der Waals surface area contributed by atoms with Crippen LogP contribution in [0.4, 0.5) is 0 Å². The molecule has 8 heteroatoms. The molecule has 1 N–H and O–H groups in total. The van der Waals surface area contributed by atoms with Gasteiger partial charge in [0, 0.05) is 13.2 Å². The van der Waals surface area contributed by atoms with E-state index in [1.165, 1.54) is 0 Å². The lowest BCUT2D eigenvalue weighted by atomic mass is 10.4. The van der Waals surface area contributed by atoms with Gasteiger partial charge in [-0.25, -0.2) is 0 Å². The van der Waals surface area contributed by atoms with Crippen molar-refractivity contribution in [2.24, 2.45) is 7.05 Å². The van der Waals surface area contributed by atoms with E-state index < -0.39 is 0 Å². The SMILES string of the molecule is Cn1ncc(Cl)c1CNC(=O)Cn1cc(Br)cn1. The van der Waals surface area contributed by atoms with Crippen molar-refractivity contribution in [2.45, 2.75) is 13.1 Å². The molecule has 0 aliphatic carbocycles. The molecule has 0 atom stereocenters. The van der Waals surface area contributed by atoms with Crippen LogP contribution in [0, 0.1) is 0 Å². The van der Waals surface area contributed by atoms with Gasteiger partial charge in [-0.15, -0.1) is 0 Å². The first-order valence-electron chi connectivity index (χ1n) is 5.17. The van der Waals surface area contributed by atoms with E-state index in [9.17, 15) is 4.79 Å². The van der Waals surface area contributed by atoms with Crippen LogP contribution in [-0.2, 0) is 24.9 Å². The minimum atomic E-state index is -0.136. The molecule has 0 radical (unpaired) electrons. The molecule has 96 valence electrons. The molecule has 0 fully saturated rings. The molecule has 0 aromatic carbocycles. The molecular weight excluding hydrogens is 322 g/mol. The summed E-state index contributed by atoms with van der Waals surface area (Å²) in [6, 6.07) is 0. The summed E-state index contributed by atoms with van der Waals surface area (Å²) in [5.41, 5.74) is 0.770. The highest BCUT2D eigenvalue weighted by Gasteiger charge is 2.09. The molecule has 1 amide bonds. The topological polar surface area (TPSA) is 64.7 Å². The molecule has 0 saturated heterocycles. The maximum Gasteiger partial charge on any atom is 0.242 e. The number of nitrogens with zero attached hydrogens (tertiary/aromatic N) is 4. The molecule has 0 aliphatic rings. The lowest BCUT2D eigenvalue weighted by Crippen LogP contribution is -2.28. The summed E-state index contributed by atoms with van der Waals surface area (Å²) < 4.78 is 4.02. The molecule has 0 bridgehead atoms. The van der Waals surface area contributed by atoms with Gasteiger partial charge < -0.3 is 5.32 Å². The first-order valence-corrected chi connectivity index (χ1v) is 6.34. The Morgan fingerprint density at radius 1 is 1.50 bits per heavy atom. The van der Waals surface area contributed by atoms with Crippen molar-refractivity contribution < 1.29 is 4.79 Å². The average molecular weight is 333 g/mol. The Morgan fingerprint density at radius 2 is 2.28 bits per heavy atom. The predicted octanol–water partition coefficient (Wildman–Crippen LogP) is 1.35.